The fourth-order valence-corrected chi connectivity index (χ4v) is 2.77. The van der Waals surface area contributed by atoms with Crippen LogP contribution in [0.15, 0.2) is 36.4 Å². The van der Waals surface area contributed by atoms with Crippen molar-refractivity contribution in [1.82, 2.24) is 0 Å². The highest BCUT2D eigenvalue weighted by atomic mass is 19.1. The van der Waals surface area contributed by atoms with Gasteiger partial charge in [0.2, 0.25) is 5.75 Å². The molecule has 0 fully saturated rings. The quantitative estimate of drug-likeness (QED) is 0.546. The van der Waals surface area contributed by atoms with Crippen LogP contribution in [0.1, 0.15) is 50.7 Å². The predicted octanol–water partition coefficient (Wildman–Crippen LogP) is 5.00. The van der Waals surface area contributed by atoms with Crippen LogP contribution >= 0.6 is 0 Å². The second-order valence-corrected chi connectivity index (χ2v) is 6.83. The molecule has 1 N–H and O–H groups in total. The van der Waals surface area contributed by atoms with Crippen LogP contribution in [0.2, 0.25) is 0 Å². The molecule has 0 aliphatic rings. The molecule has 2 aromatic rings. The molecule has 7 heteroatoms. The number of benzene rings is 2. The molecule has 0 spiro atoms. The summed E-state index contributed by atoms with van der Waals surface area (Å²) in [5.41, 5.74) is 2.32. The molecule has 0 unspecified atom stereocenters. The second kappa shape index (κ2) is 8.62. The van der Waals surface area contributed by atoms with Crippen molar-refractivity contribution in [2.75, 3.05) is 11.9 Å². The number of rotatable bonds is 7. The van der Waals surface area contributed by atoms with E-state index in [4.69, 9.17) is 4.74 Å². The maximum atomic E-state index is 13.4. The van der Waals surface area contributed by atoms with Gasteiger partial charge in [-0.15, -0.1) is 0 Å². The minimum atomic E-state index is -0.683. The summed E-state index contributed by atoms with van der Waals surface area (Å²) in [6.45, 7) is 7.65. The highest BCUT2D eigenvalue weighted by Crippen LogP contribution is 2.32. The van der Waals surface area contributed by atoms with E-state index in [9.17, 15) is 19.3 Å². The van der Waals surface area contributed by atoms with Gasteiger partial charge in [0.15, 0.2) is 6.61 Å². The van der Waals surface area contributed by atoms with Gasteiger partial charge in [-0.3, -0.25) is 14.9 Å². The number of ether oxygens (including phenoxy) is 1. The number of anilines is 1. The van der Waals surface area contributed by atoms with Crippen molar-refractivity contribution in [3.63, 3.8) is 0 Å². The summed E-state index contributed by atoms with van der Waals surface area (Å²) in [6.07, 6.45) is 0. The van der Waals surface area contributed by atoms with Gasteiger partial charge in [-0.25, -0.2) is 4.39 Å². The molecule has 2 aromatic carbocycles. The Bertz CT molecular complexity index is 824. The lowest BCUT2D eigenvalue weighted by atomic mass is 9.92. The number of carbonyl (C=O) groups excluding carboxylic acids is 1. The first-order valence-corrected chi connectivity index (χ1v) is 8.70. The van der Waals surface area contributed by atoms with Crippen molar-refractivity contribution in [2.24, 2.45) is 0 Å². The van der Waals surface area contributed by atoms with Gasteiger partial charge in [0, 0.05) is 17.8 Å². The van der Waals surface area contributed by atoms with Gasteiger partial charge in [0.1, 0.15) is 5.82 Å². The zero-order valence-electron chi connectivity index (χ0n) is 15.8. The molecule has 0 saturated heterocycles. The Balaban J connectivity index is 2.20. The molecule has 0 aromatic heterocycles. The number of nitro groups is 1. The first-order valence-electron chi connectivity index (χ1n) is 8.70. The minimum absolute atomic E-state index is 0.198. The molecular formula is C20H23FN2O4. The lowest BCUT2D eigenvalue weighted by molar-refractivity contribution is -0.385. The van der Waals surface area contributed by atoms with Crippen LogP contribution < -0.4 is 10.1 Å². The molecule has 0 heterocycles. The molecule has 0 aliphatic heterocycles. The predicted molar refractivity (Wildman–Crippen MR) is 102 cm³/mol. The smallest absolute Gasteiger partial charge is 0.311 e. The Morgan fingerprint density at radius 2 is 1.74 bits per heavy atom. The zero-order chi connectivity index (χ0) is 20.1. The van der Waals surface area contributed by atoms with Gasteiger partial charge in [0.05, 0.1) is 4.92 Å². The van der Waals surface area contributed by atoms with E-state index >= 15 is 0 Å². The average Bonchev–Trinajstić information content (AvgIpc) is 2.59. The Kier molecular flexibility index (Phi) is 6.50. The fraction of sp³-hybridized carbons (Fsp3) is 0.350. The van der Waals surface area contributed by atoms with E-state index in [1.54, 1.807) is 0 Å². The summed E-state index contributed by atoms with van der Waals surface area (Å²) in [5, 5.41) is 13.9. The molecule has 0 bridgehead atoms. The molecule has 6 nitrogen and oxygen atoms in total. The highest BCUT2D eigenvalue weighted by Gasteiger charge is 2.19. The van der Waals surface area contributed by atoms with E-state index < -0.39 is 28.9 Å². The number of nitrogens with one attached hydrogen (secondary N) is 1. The number of nitro benzene ring substituents is 1. The van der Waals surface area contributed by atoms with Gasteiger partial charge in [-0.2, -0.15) is 0 Å². The van der Waals surface area contributed by atoms with E-state index in [-0.39, 0.29) is 17.6 Å². The van der Waals surface area contributed by atoms with Gasteiger partial charge >= 0.3 is 5.69 Å². The Morgan fingerprint density at radius 1 is 1.15 bits per heavy atom. The van der Waals surface area contributed by atoms with Crippen LogP contribution in [0.5, 0.6) is 5.75 Å². The maximum Gasteiger partial charge on any atom is 0.311 e. The number of hydrogen-bond acceptors (Lipinski definition) is 4. The van der Waals surface area contributed by atoms with Crippen molar-refractivity contribution in [2.45, 2.75) is 39.5 Å². The third-order valence-electron chi connectivity index (χ3n) is 4.11. The summed E-state index contributed by atoms with van der Waals surface area (Å²) in [6, 6.07) is 8.72. The minimum Gasteiger partial charge on any atom is -0.477 e. The number of hydrogen-bond donors (Lipinski definition) is 1. The zero-order valence-corrected chi connectivity index (χ0v) is 15.8. The molecule has 0 radical (unpaired) electrons. The lowest BCUT2D eigenvalue weighted by Gasteiger charge is -2.20. The first kappa shape index (κ1) is 20.4. The number of nitrogens with zero attached hydrogens (tertiary/aromatic N) is 1. The van der Waals surface area contributed by atoms with E-state index in [1.807, 2.05) is 45.9 Å². The van der Waals surface area contributed by atoms with E-state index in [2.05, 4.69) is 5.32 Å². The highest BCUT2D eigenvalue weighted by molar-refractivity contribution is 5.93. The van der Waals surface area contributed by atoms with Crippen LogP contribution in [-0.4, -0.2) is 17.4 Å². The average molecular weight is 374 g/mol. The van der Waals surface area contributed by atoms with Gasteiger partial charge in [0.25, 0.3) is 5.91 Å². The maximum absolute atomic E-state index is 13.4. The summed E-state index contributed by atoms with van der Waals surface area (Å²) in [5.74, 6) is -1.03. The number of amides is 1. The summed E-state index contributed by atoms with van der Waals surface area (Å²) < 4.78 is 18.6. The number of para-hydroxylation sites is 1. The SMILES string of the molecule is CC(C)c1cccc(C(C)C)c1NC(=O)COc1cc(F)ccc1[N+](=O)[O-]. The lowest BCUT2D eigenvalue weighted by Crippen LogP contribution is -2.22. The first-order chi connectivity index (χ1) is 12.7. The van der Waals surface area contributed by atoms with E-state index in [1.165, 1.54) is 0 Å². The van der Waals surface area contributed by atoms with Gasteiger partial charge in [-0.1, -0.05) is 45.9 Å². The number of carbonyl (C=O) groups is 1. The molecule has 0 aliphatic carbocycles. The molecule has 144 valence electrons. The van der Waals surface area contributed by atoms with Crippen molar-refractivity contribution in [3.05, 3.63) is 63.5 Å². The van der Waals surface area contributed by atoms with E-state index in [0.29, 0.717) is 0 Å². The van der Waals surface area contributed by atoms with Crippen molar-refractivity contribution >= 4 is 17.3 Å². The Morgan fingerprint density at radius 3 is 2.26 bits per heavy atom. The normalized spacial score (nSPS) is 10.9. The Hall–Kier alpha value is -2.96. The molecular weight excluding hydrogens is 351 g/mol. The summed E-state index contributed by atoms with van der Waals surface area (Å²) in [4.78, 5) is 22.7. The number of halogens is 1. The van der Waals surface area contributed by atoms with Crippen LogP contribution in [0.25, 0.3) is 0 Å². The van der Waals surface area contributed by atoms with Crippen LogP contribution in [0.4, 0.5) is 15.8 Å². The summed E-state index contributed by atoms with van der Waals surface area (Å²) >= 11 is 0. The molecule has 2 rings (SSSR count). The third-order valence-corrected chi connectivity index (χ3v) is 4.11. The molecule has 1 amide bonds. The third kappa shape index (κ3) is 5.03. The van der Waals surface area contributed by atoms with Gasteiger partial charge < -0.3 is 10.1 Å². The summed E-state index contributed by atoms with van der Waals surface area (Å²) in [7, 11) is 0. The van der Waals surface area contributed by atoms with Crippen LogP contribution in [-0.2, 0) is 4.79 Å². The standard InChI is InChI=1S/C20H23FN2O4/c1-12(2)15-6-5-7-16(13(3)4)20(15)22-19(24)11-27-18-10-14(21)8-9-17(18)23(25)26/h5-10,12-13H,11H2,1-4H3,(H,22,24). The molecule has 27 heavy (non-hydrogen) atoms. The van der Waals surface area contributed by atoms with Crippen LogP contribution in [0, 0.1) is 15.9 Å². The van der Waals surface area contributed by atoms with Crippen molar-refractivity contribution < 1.29 is 18.8 Å². The fourth-order valence-electron chi connectivity index (χ4n) is 2.77. The van der Waals surface area contributed by atoms with Crippen LogP contribution in [0.3, 0.4) is 0 Å². The topological polar surface area (TPSA) is 81.5 Å². The second-order valence-electron chi connectivity index (χ2n) is 6.83. The molecule has 0 atom stereocenters. The largest absolute Gasteiger partial charge is 0.477 e. The van der Waals surface area contributed by atoms with Crippen molar-refractivity contribution in [1.29, 1.82) is 0 Å². The van der Waals surface area contributed by atoms with E-state index in [0.717, 1.165) is 35.0 Å². The van der Waals surface area contributed by atoms with Gasteiger partial charge in [-0.05, 0) is 29.0 Å². The van der Waals surface area contributed by atoms with Crippen molar-refractivity contribution in [3.8, 4) is 5.75 Å². The molecule has 0 saturated carbocycles. The monoisotopic (exact) mass is 374 g/mol. The Labute approximate surface area is 157 Å².